The van der Waals surface area contributed by atoms with Crippen LogP contribution in [-0.4, -0.2) is 35.1 Å². The molecule has 0 radical (unpaired) electrons. The van der Waals surface area contributed by atoms with Gasteiger partial charge in [-0.05, 0) is 42.5 Å². The first-order valence-corrected chi connectivity index (χ1v) is 9.48. The highest BCUT2D eigenvalue weighted by Gasteiger charge is 2.36. The second-order valence-electron chi connectivity index (χ2n) is 7.05. The molecule has 0 bridgehead atoms. The van der Waals surface area contributed by atoms with E-state index in [4.69, 9.17) is 4.74 Å². The van der Waals surface area contributed by atoms with Gasteiger partial charge < -0.3 is 15.4 Å². The lowest BCUT2D eigenvalue weighted by Gasteiger charge is -2.14. The maximum Gasteiger partial charge on any atom is 0.262 e. The van der Waals surface area contributed by atoms with Gasteiger partial charge in [0.25, 0.3) is 17.7 Å². The zero-order chi connectivity index (χ0) is 21.5. The number of anilines is 2. The Labute approximate surface area is 176 Å². The van der Waals surface area contributed by atoms with Crippen LogP contribution < -0.4 is 15.4 Å². The van der Waals surface area contributed by atoms with Gasteiger partial charge in [0.15, 0.2) is 5.75 Å². The summed E-state index contributed by atoms with van der Waals surface area (Å²) in [5, 5.41) is 5.39. The second-order valence-corrected chi connectivity index (χ2v) is 7.05. The minimum Gasteiger partial charge on any atom is -0.454 e. The summed E-state index contributed by atoms with van der Waals surface area (Å²) >= 11 is 0. The van der Waals surface area contributed by atoms with E-state index in [2.05, 4.69) is 10.6 Å². The number of ether oxygens (including phenoxy) is 1. The molecule has 8 heteroatoms. The van der Waals surface area contributed by atoms with Crippen molar-refractivity contribution >= 4 is 35.0 Å². The lowest BCUT2D eigenvalue weighted by atomic mass is 10.1. The first kappa shape index (κ1) is 18.6. The Kier molecular flexibility index (Phi) is 4.25. The van der Waals surface area contributed by atoms with Gasteiger partial charge in [0.05, 0.1) is 22.4 Å². The summed E-state index contributed by atoms with van der Waals surface area (Å²) < 4.78 is 5.81. The molecular weight excluding hydrogens is 398 g/mol. The van der Waals surface area contributed by atoms with Crippen LogP contribution in [0.25, 0.3) is 0 Å². The molecule has 5 rings (SSSR count). The SMILES string of the molecule is O=C(CN1C(=O)c2ccccc2C1=O)Nc1ccc2c(c1)C(=O)Nc1ccccc1O2. The molecule has 0 fully saturated rings. The van der Waals surface area contributed by atoms with Crippen molar-refractivity contribution in [3.63, 3.8) is 0 Å². The first-order valence-electron chi connectivity index (χ1n) is 9.48. The molecule has 3 aromatic carbocycles. The van der Waals surface area contributed by atoms with E-state index in [1.54, 1.807) is 60.7 Å². The van der Waals surface area contributed by atoms with Gasteiger partial charge in [-0.3, -0.25) is 24.1 Å². The Morgan fingerprint density at radius 1 is 0.839 bits per heavy atom. The highest BCUT2D eigenvalue weighted by Crippen LogP contribution is 2.36. The molecule has 31 heavy (non-hydrogen) atoms. The summed E-state index contributed by atoms with van der Waals surface area (Å²) in [7, 11) is 0. The van der Waals surface area contributed by atoms with Crippen LogP contribution in [0.15, 0.2) is 66.7 Å². The van der Waals surface area contributed by atoms with Crippen LogP contribution in [0.2, 0.25) is 0 Å². The molecule has 152 valence electrons. The van der Waals surface area contributed by atoms with Crippen molar-refractivity contribution in [2.24, 2.45) is 0 Å². The van der Waals surface area contributed by atoms with Crippen LogP contribution in [0.4, 0.5) is 11.4 Å². The number of hydrogen-bond donors (Lipinski definition) is 2. The van der Waals surface area contributed by atoms with Gasteiger partial charge in [-0.1, -0.05) is 24.3 Å². The lowest BCUT2D eigenvalue weighted by Crippen LogP contribution is -2.37. The van der Waals surface area contributed by atoms with Crippen molar-refractivity contribution < 1.29 is 23.9 Å². The third kappa shape index (κ3) is 3.20. The van der Waals surface area contributed by atoms with Gasteiger partial charge >= 0.3 is 0 Å². The number of imide groups is 1. The largest absolute Gasteiger partial charge is 0.454 e. The minimum atomic E-state index is -0.562. The monoisotopic (exact) mass is 413 g/mol. The third-order valence-electron chi connectivity index (χ3n) is 5.04. The fourth-order valence-corrected chi connectivity index (χ4v) is 3.57. The topological polar surface area (TPSA) is 105 Å². The number of nitrogens with one attached hydrogen (secondary N) is 2. The van der Waals surface area contributed by atoms with Crippen LogP contribution in [0.3, 0.4) is 0 Å². The van der Waals surface area contributed by atoms with E-state index in [1.165, 1.54) is 6.07 Å². The van der Waals surface area contributed by atoms with Gasteiger partial charge in [-0.15, -0.1) is 0 Å². The van der Waals surface area contributed by atoms with Gasteiger partial charge in [0.1, 0.15) is 12.3 Å². The van der Waals surface area contributed by atoms with E-state index < -0.39 is 24.3 Å². The fourth-order valence-electron chi connectivity index (χ4n) is 3.57. The molecule has 0 unspecified atom stereocenters. The van der Waals surface area contributed by atoms with Gasteiger partial charge in [0.2, 0.25) is 5.91 Å². The molecule has 2 aliphatic heterocycles. The van der Waals surface area contributed by atoms with Crippen molar-refractivity contribution in [3.8, 4) is 11.5 Å². The van der Waals surface area contributed by atoms with Gasteiger partial charge in [0, 0.05) is 5.69 Å². The zero-order valence-corrected chi connectivity index (χ0v) is 16.0. The smallest absolute Gasteiger partial charge is 0.262 e. The minimum absolute atomic E-state index is 0.245. The average molecular weight is 413 g/mol. The van der Waals surface area contributed by atoms with E-state index in [-0.39, 0.29) is 22.6 Å². The summed E-state index contributed by atoms with van der Waals surface area (Å²) in [5.41, 5.74) is 1.68. The number of benzene rings is 3. The highest BCUT2D eigenvalue weighted by molar-refractivity contribution is 6.22. The number of rotatable bonds is 3. The first-order chi connectivity index (χ1) is 15.0. The van der Waals surface area contributed by atoms with Crippen molar-refractivity contribution in [1.82, 2.24) is 4.90 Å². The van der Waals surface area contributed by atoms with Crippen LogP contribution in [0.1, 0.15) is 31.1 Å². The predicted octanol–water partition coefficient (Wildman–Crippen LogP) is 3.28. The highest BCUT2D eigenvalue weighted by atomic mass is 16.5. The molecule has 0 spiro atoms. The number of amides is 4. The molecule has 4 amide bonds. The molecule has 8 nitrogen and oxygen atoms in total. The lowest BCUT2D eigenvalue weighted by molar-refractivity contribution is -0.116. The summed E-state index contributed by atoms with van der Waals surface area (Å²) in [4.78, 5) is 50.9. The summed E-state index contributed by atoms with van der Waals surface area (Å²) in [5.74, 6) is -1.10. The Bertz CT molecular complexity index is 1250. The van der Waals surface area contributed by atoms with Gasteiger partial charge in [-0.25, -0.2) is 0 Å². The van der Waals surface area contributed by atoms with Crippen molar-refractivity contribution in [2.45, 2.75) is 0 Å². The van der Waals surface area contributed by atoms with Gasteiger partial charge in [-0.2, -0.15) is 0 Å². The van der Waals surface area contributed by atoms with E-state index in [9.17, 15) is 19.2 Å². The Morgan fingerprint density at radius 2 is 1.52 bits per heavy atom. The van der Waals surface area contributed by atoms with Crippen LogP contribution in [0, 0.1) is 0 Å². The van der Waals surface area contributed by atoms with Crippen LogP contribution >= 0.6 is 0 Å². The molecule has 0 saturated heterocycles. The third-order valence-corrected chi connectivity index (χ3v) is 5.04. The molecule has 0 saturated carbocycles. The van der Waals surface area contributed by atoms with Crippen LogP contribution in [-0.2, 0) is 4.79 Å². The number of carbonyl (C=O) groups excluding carboxylic acids is 4. The fraction of sp³-hybridized carbons (Fsp3) is 0.0435. The number of para-hydroxylation sites is 2. The van der Waals surface area contributed by atoms with Crippen molar-refractivity contribution in [3.05, 3.63) is 83.4 Å². The van der Waals surface area contributed by atoms with Crippen molar-refractivity contribution in [1.29, 1.82) is 0 Å². The maximum absolute atomic E-state index is 12.6. The maximum atomic E-state index is 12.6. The molecule has 0 atom stereocenters. The van der Waals surface area contributed by atoms with E-state index in [0.717, 1.165) is 4.90 Å². The standard InChI is InChI=1S/C23H15N3O5/c27-20(12-26-22(29)14-5-1-2-6-15(14)23(26)30)24-13-9-10-18-16(11-13)21(28)25-17-7-3-4-8-19(17)31-18/h1-11H,12H2,(H,24,27)(H,25,28). The van der Waals surface area contributed by atoms with E-state index in [1.807, 2.05) is 0 Å². The van der Waals surface area contributed by atoms with Crippen molar-refractivity contribution in [2.75, 3.05) is 17.2 Å². The van der Waals surface area contributed by atoms with E-state index in [0.29, 0.717) is 22.9 Å². The molecule has 2 N–H and O–H groups in total. The average Bonchev–Trinajstić information content (AvgIpc) is 2.92. The Hall–Kier alpha value is -4.46. The van der Waals surface area contributed by atoms with Crippen LogP contribution in [0.5, 0.6) is 11.5 Å². The second kappa shape index (κ2) is 7.10. The quantitative estimate of drug-likeness (QED) is 0.641. The molecular formula is C23H15N3O5. The number of nitrogens with zero attached hydrogens (tertiary/aromatic N) is 1. The number of carbonyl (C=O) groups is 4. The number of fused-ring (bicyclic) bond motifs is 3. The summed E-state index contributed by atoms with van der Waals surface area (Å²) in [6, 6.07) is 18.1. The predicted molar refractivity (Wildman–Crippen MR) is 111 cm³/mol. The molecule has 0 aromatic heterocycles. The number of hydrogen-bond acceptors (Lipinski definition) is 5. The molecule has 2 aliphatic rings. The molecule has 0 aliphatic carbocycles. The zero-order valence-electron chi connectivity index (χ0n) is 16.0. The normalized spacial score (nSPS) is 14.1. The Morgan fingerprint density at radius 3 is 2.26 bits per heavy atom. The van der Waals surface area contributed by atoms with E-state index >= 15 is 0 Å². The summed E-state index contributed by atoms with van der Waals surface area (Å²) in [6.45, 7) is -0.433. The Balaban J connectivity index is 1.33. The molecule has 2 heterocycles. The molecule has 3 aromatic rings. The summed E-state index contributed by atoms with van der Waals surface area (Å²) in [6.07, 6.45) is 0.